The molecule has 0 radical (unpaired) electrons. The summed E-state index contributed by atoms with van der Waals surface area (Å²) in [6, 6.07) is 4.99. The predicted molar refractivity (Wildman–Crippen MR) is 126 cm³/mol. The highest BCUT2D eigenvalue weighted by Gasteiger charge is 2.56. The maximum Gasteiger partial charge on any atom is 0.582 e. The first-order valence-electron chi connectivity index (χ1n) is 10.3. The molecule has 0 bridgehead atoms. The van der Waals surface area contributed by atoms with Crippen molar-refractivity contribution in [1.29, 1.82) is 0 Å². The maximum absolute atomic E-state index is 13.8. The van der Waals surface area contributed by atoms with E-state index < -0.39 is 39.3 Å². The number of esters is 1. The Balaban J connectivity index is 1.87. The molecule has 2 aliphatic rings. The number of amidine groups is 1. The number of hydrogen-bond acceptors (Lipinski definition) is 8. The number of aliphatic imine (C=N–C) groups is 1. The molecular weight excluding hydrogens is 592 g/mol. The van der Waals surface area contributed by atoms with Crippen LogP contribution >= 0.6 is 27.3 Å². The molecule has 0 saturated carbocycles. The molecule has 15 heteroatoms. The molecule has 0 spiro atoms. The van der Waals surface area contributed by atoms with E-state index in [0.717, 1.165) is 0 Å². The third kappa shape index (κ3) is 5.02. The van der Waals surface area contributed by atoms with Crippen LogP contribution in [0, 0.1) is 17.8 Å². The highest BCUT2D eigenvalue weighted by atomic mass is 79.9. The number of hydrogen-bond donors (Lipinski definition) is 0. The normalized spacial score (nSPS) is 19.9. The first-order valence-corrected chi connectivity index (χ1v) is 13.4. The number of nitrogens with zero attached hydrogens (tertiary/aromatic N) is 4. The third-order valence-electron chi connectivity index (χ3n) is 5.28. The lowest BCUT2D eigenvalue weighted by molar-refractivity contribution is -0.139. The van der Waals surface area contributed by atoms with Crippen molar-refractivity contribution in [2.24, 2.45) is 10.9 Å². The van der Waals surface area contributed by atoms with Gasteiger partial charge in [-0.3, -0.25) is 4.99 Å². The Labute approximate surface area is 215 Å². The maximum atomic E-state index is 13.8. The number of alkyl halides is 3. The van der Waals surface area contributed by atoms with Crippen molar-refractivity contribution in [2.45, 2.75) is 24.9 Å². The Bertz CT molecular complexity index is 1430. The number of rotatable bonds is 4. The lowest BCUT2D eigenvalue weighted by Crippen LogP contribution is -2.35. The Morgan fingerprint density at radius 3 is 2.75 bits per heavy atom. The zero-order valence-electron chi connectivity index (χ0n) is 18.3. The molecular formula is C21H16BrF4N4O4S2+. The number of allylic oxidation sites excluding steroid dienone is 1. The molecule has 1 saturated heterocycles. The van der Waals surface area contributed by atoms with E-state index in [1.165, 1.54) is 35.7 Å². The molecule has 0 amide bonds. The molecule has 1 unspecified atom stereocenters. The lowest BCUT2D eigenvalue weighted by Gasteiger charge is -2.31. The van der Waals surface area contributed by atoms with E-state index in [9.17, 15) is 30.8 Å². The second-order valence-electron chi connectivity index (χ2n) is 7.59. The van der Waals surface area contributed by atoms with E-state index in [4.69, 9.17) is 9.73 Å². The minimum absolute atomic E-state index is 0.0385. The summed E-state index contributed by atoms with van der Waals surface area (Å²) >= 11 is 4.55. The van der Waals surface area contributed by atoms with E-state index in [0.29, 0.717) is 26.6 Å². The second kappa shape index (κ2) is 9.91. The number of sulfonamides is 1. The Kier molecular flexibility index (Phi) is 7.22. The number of halogens is 5. The van der Waals surface area contributed by atoms with E-state index in [2.05, 4.69) is 31.2 Å². The molecule has 36 heavy (non-hydrogen) atoms. The number of carbonyl (C=O) groups is 1. The highest BCUT2D eigenvalue weighted by molar-refractivity contribution is 9.10. The molecule has 190 valence electrons. The van der Waals surface area contributed by atoms with Gasteiger partial charge >= 0.3 is 27.6 Å². The van der Waals surface area contributed by atoms with Gasteiger partial charge in [0.1, 0.15) is 17.8 Å². The summed E-state index contributed by atoms with van der Waals surface area (Å²) in [7, 11) is -5.77. The van der Waals surface area contributed by atoms with Crippen LogP contribution in [0.1, 0.15) is 30.0 Å². The largest absolute Gasteiger partial charge is 0.582 e. The molecule has 2 aliphatic heterocycles. The van der Waals surface area contributed by atoms with Gasteiger partial charge in [-0.1, -0.05) is 22.0 Å². The number of benzene rings is 1. The topological polar surface area (TPSA) is 93.3 Å². The second-order valence-corrected chi connectivity index (χ2v) is 10.9. The molecule has 8 nitrogen and oxygen atoms in total. The van der Waals surface area contributed by atoms with E-state index in [1.54, 1.807) is 17.2 Å². The number of fused-ring (bicyclic) bond motifs is 1. The minimum Gasteiger partial charge on any atom is -0.463 e. The van der Waals surface area contributed by atoms with Crippen LogP contribution in [0.15, 0.2) is 50.5 Å². The van der Waals surface area contributed by atoms with Crippen molar-refractivity contribution in [3.63, 3.8) is 0 Å². The van der Waals surface area contributed by atoms with Crippen LogP contribution in [0.25, 0.3) is 4.25 Å². The number of aromatic nitrogens is 1. The van der Waals surface area contributed by atoms with Crippen molar-refractivity contribution >= 4 is 49.1 Å². The summed E-state index contributed by atoms with van der Waals surface area (Å²) < 4.78 is 83.1. The fraction of sp³-hybridized carbons (Fsp3) is 0.333. The van der Waals surface area contributed by atoms with Crippen molar-refractivity contribution < 1.29 is 35.5 Å². The van der Waals surface area contributed by atoms with Crippen molar-refractivity contribution in [3.05, 3.63) is 66.2 Å². The van der Waals surface area contributed by atoms with Crippen LogP contribution in [-0.2, 0) is 19.6 Å². The van der Waals surface area contributed by atoms with Crippen molar-refractivity contribution in [1.82, 2.24) is 9.88 Å². The fourth-order valence-corrected chi connectivity index (χ4v) is 5.40. The average Bonchev–Trinajstić information content (AvgIpc) is 3.46. The van der Waals surface area contributed by atoms with Gasteiger partial charge in [-0.15, -0.1) is 19.8 Å². The first-order chi connectivity index (χ1) is 16.9. The van der Waals surface area contributed by atoms with Gasteiger partial charge in [-0.2, -0.15) is 13.2 Å². The van der Waals surface area contributed by atoms with Gasteiger partial charge in [0.25, 0.3) is 0 Å². The molecule has 2 atom stereocenters. The quantitative estimate of drug-likeness (QED) is 0.364. The molecule has 2 aromatic rings. The molecule has 0 N–H and O–H groups in total. The number of ether oxygens (including phenoxy) is 1. The van der Waals surface area contributed by atoms with Crippen LogP contribution in [-0.4, -0.2) is 48.8 Å². The standard InChI is InChI=1S/C21H16BrF4N4O4S2/c1-2-34-20(31)16-15-7-11(9-28-36(32,33)21(24,25)26)10-30(15)18(19-27-5-6-35-19)29-17(16)13-4-3-12(23)8-14(13)22/h3-6,8,11,17H,2,7,10H2,1H3/q+1/t11?,17-/m0/s1. The smallest absolute Gasteiger partial charge is 0.463 e. The van der Waals surface area contributed by atoms with Crippen molar-refractivity contribution in [3.8, 4) is 6.07 Å². The molecule has 3 heterocycles. The van der Waals surface area contributed by atoms with E-state index in [-0.39, 0.29) is 25.1 Å². The summed E-state index contributed by atoms with van der Waals surface area (Å²) in [6.45, 7) is 1.60. The molecule has 0 aliphatic carbocycles. The SMILES string of the molecule is CCOC(=O)C1=C2CC(C#[N+]S(=O)(=O)C(F)(F)F)CN2C(c2nccs2)=N[C@H]1c1ccc(F)cc1Br. The average molecular weight is 608 g/mol. The number of carbonyl (C=O) groups excluding carboxylic acids is 1. The van der Waals surface area contributed by atoms with Gasteiger partial charge in [-0.25, -0.2) is 14.2 Å². The monoisotopic (exact) mass is 607 g/mol. The van der Waals surface area contributed by atoms with Crippen molar-refractivity contribution in [2.75, 3.05) is 13.2 Å². The summed E-state index contributed by atoms with van der Waals surface area (Å²) in [5, 5.41) is 2.15. The molecule has 4 rings (SSSR count). The predicted octanol–water partition coefficient (Wildman–Crippen LogP) is 4.87. The minimum atomic E-state index is -5.77. The van der Waals surface area contributed by atoms with Gasteiger partial charge < -0.3 is 9.64 Å². The van der Waals surface area contributed by atoms with Crippen LogP contribution in [0.4, 0.5) is 17.6 Å². The summed E-state index contributed by atoms with van der Waals surface area (Å²) in [6.07, 6.45) is 1.47. The Morgan fingerprint density at radius 2 is 2.14 bits per heavy atom. The Morgan fingerprint density at radius 1 is 1.39 bits per heavy atom. The van der Waals surface area contributed by atoms with Gasteiger partial charge in [0.2, 0.25) is 0 Å². The molecule has 1 aromatic heterocycles. The first kappa shape index (κ1) is 26.2. The molecule has 1 aromatic carbocycles. The number of thiazole rings is 1. The lowest BCUT2D eigenvalue weighted by atomic mass is 9.94. The van der Waals surface area contributed by atoms with E-state index >= 15 is 0 Å². The third-order valence-corrected chi connectivity index (χ3v) is 7.67. The van der Waals surface area contributed by atoms with E-state index in [1.807, 2.05) is 0 Å². The summed E-state index contributed by atoms with van der Waals surface area (Å²) in [5.41, 5.74) is -4.67. The van der Waals surface area contributed by atoms with Gasteiger partial charge in [0.05, 0.1) is 16.4 Å². The van der Waals surface area contributed by atoms with Gasteiger partial charge in [-0.05, 0) is 24.6 Å². The summed E-state index contributed by atoms with van der Waals surface area (Å²) in [5.74, 6) is -1.84. The highest BCUT2D eigenvalue weighted by Crippen LogP contribution is 2.44. The van der Waals surface area contributed by atoms with Crippen LogP contribution in [0.3, 0.4) is 0 Å². The summed E-state index contributed by atoms with van der Waals surface area (Å²) in [4.78, 5) is 23.6. The zero-order chi connectivity index (χ0) is 26.3. The van der Waals surface area contributed by atoms with Gasteiger partial charge in [0, 0.05) is 34.7 Å². The van der Waals surface area contributed by atoms with Crippen LogP contribution < -0.4 is 0 Å². The van der Waals surface area contributed by atoms with Crippen LogP contribution in [0.5, 0.6) is 0 Å². The molecule has 1 fully saturated rings. The van der Waals surface area contributed by atoms with Gasteiger partial charge in [0.15, 0.2) is 10.8 Å². The Hall–Kier alpha value is -2.83. The van der Waals surface area contributed by atoms with Crippen LogP contribution in [0.2, 0.25) is 0 Å². The zero-order valence-corrected chi connectivity index (χ0v) is 21.5. The fourth-order valence-electron chi connectivity index (χ4n) is 3.80.